The first-order valence-corrected chi connectivity index (χ1v) is 6.03. The van der Waals surface area contributed by atoms with Crippen molar-refractivity contribution >= 4 is 6.09 Å². The minimum atomic E-state index is -0.427. The summed E-state index contributed by atoms with van der Waals surface area (Å²) in [4.78, 5) is 11.5. The van der Waals surface area contributed by atoms with Crippen molar-refractivity contribution in [2.24, 2.45) is 11.7 Å². The summed E-state index contributed by atoms with van der Waals surface area (Å²) in [5.41, 5.74) is 5.42. The molecule has 0 saturated heterocycles. The number of alkyl carbamates (subject to hydrolysis) is 1. The third kappa shape index (κ3) is 4.39. The van der Waals surface area contributed by atoms with Gasteiger partial charge < -0.3 is 15.8 Å². The van der Waals surface area contributed by atoms with Crippen LogP contribution in [0.2, 0.25) is 0 Å². The van der Waals surface area contributed by atoms with Gasteiger partial charge in [-0.05, 0) is 52.9 Å². The Labute approximate surface area is 97.9 Å². The van der Waals surface area contributed by atoms with Crippen molar-refractivity contribution in [2.45, 2.75) is 64.6 Å². The molecule has 0 aromatic heterocycles. The highest BCUT2D eigenvalue weighted by atomic mass is 16.6. The van der Waals surface area contributed by atoms with Gasteiger partial charge >= 0.3 is 6.09 Å². The summed E-state index contributed by atoms with van der Waals surface area (Å²) in [6.07, 6.45) is 2.75. The summed E-state index contributed by atoms with van der Waals surface area (Å²) in [5.74, 6) is 0.528. The topological polar surface area (TPSA) is 64.3 Å². The molecule has 1 rings (SSSR count). The van der Waals surface area contributed by atoms with Crippen LogP contribution < -0.4 is 11.1 Å². The number of amides is 1. The van der Waals surface area contributed by atoms with Crippen molar-refractivity contribution in [3.8, 4) is 0 Å². The molecule has 0 aromatic carbocycles. The number of nitrogens with one attached hydrogen (secondary N) is 1. The van der Waals surface area contributed by atoms with Crippen LogP contribution in [0.15, 0.2) is 0 Å². The molecule has 0 heterocycles. The van der Waals surface area contributed by atoms with E-state index in [4.69, 9.17) is 10.5 Å². The predicted octanol–water partition coefficient (Wildman–Crippen LogP) is 2.03. The van der Waals surface area contributed by atoms with Crippen molar-refractivity contribution in [1.29, 1.82) is 0 Å². The number of hydrogen-bond donors (Lipinski definition) is 2. The molecule has 1 amide bonds. The molecule has 94 valence electrons. The smallest absolute Gasteiger partial charge is 0.407 e. The molecule has 4 nitrogen and oxygen atoms in total. The lowest BCUT2D eigenvalue weighted by atomic mass is 10.0. The molecular weight excluding hydrogens is 204 g/mol. The lowest BCUT2D eigenvalue weighted by Gasteiger charge is -2.22. The van der Waals surface area contributed by atoms with E-state index in [2.05, 4.69) is 5.32 Å². The second-order valence-corrected chi connectivity index (χ2v) is 5.78. The normalized spacial score (nSPS) is 27.6. The molecule has 1 fully saturated rings. The van der Waals surface area contributed by atoms with Gasteiger partial charge in [-0.1, -0.05) is 0 Å². The zero-order valence-electron chi connectivity index (χ0n) is 10.7. The Balaban J connectivity index is 2.32. The summed E-state index contributed by atoms with van der Waals surface area (Å²) < 4.78 is 5.21. The van der Waals surface area contributed by atoms with Crippen molar-refractivity contribution in [3.63, 3.8) is 0 Å². The molecule has 0 bridgehead atoms. The van der Waals surface area contributed by atoms with Gasteiger partial charge in [0.05, 0.1) is 0 Å². The van der Waals surface area contributed by atoms with Gasteiger partial charge in [-0.25, -0.2) is 4.79 Å². The van der Waals surface area contributed by atoms with Crippen LogP contribution in [0, 0.1) is 5.92 Å². The van der Waals surface area contributed by atoms with E-state index in [1.165, 1.54) is 0 Å². The van der Waals surface area contributed by atoms with Gasteiger partial charge in [0.15, 0.2) is 0 Å². The average Bonchev–Trinajstić information content (AvgIpc) is 2.48. The Morgan fingerprint density at radius 3 is 2.50 bits per heavy atom. The van der Waals surface area contributed by atoms with Crippen LogP contribution in [0.3, 0.4) is 0 Å². The number of hydrogen-bond acceptors (Lipinski definition) is 3. The van der Waals surface area contributed by atoms with Crippen LogP contribution in [-0.2, 0) is 4.74 Å². The van der Waals surface area contributed by atoms with E-state index in [-0.39, 0.29) is 18.2 Å². The summed E-state index contributed by atoms with van der Waals surface area (Å²) in [7, 11) is 0. The second kappa shape index (κ2) is 5.04. The molecule has 0 aromatic rings. The third-order valence-electron chi connectivity index (χ3n) is 2.94. The van der Waals surface area contributed by atoms with Crippen LogP contribution in [0.4, 0.5) is 4.79 Å². The maximum Gasteiger partial charge on any atom is 0.407 e. The highest BCUT2D eigenvalue weighted by Gasteiger charge is 2.29. The van der Waals surface area contributed by atoms with Crippen LogP contribution in [0.25, 0.3) is 0 Å². The monoisotopic (exact) mass is 228 g/mol. The molecule has 3 N–H and O–H groups in total. The van der Waals surface area contributed by atoms with E-state index in [9.17, 15) is 4.79 Å². The van der Waals surface area contributed by atoms with E-state index in [0.29, 0.717) is 5.92 Å². The average molecular weight is 228 g/mol. The third-order valence-corrected chi connectivity index (χ3v) is 2.94. The highest BCUT2D eigenvalue weighted by molar-refractivity contribution is 5.68. The minimum absolute atomic E-state index is 0.213. The highest BCUT2D eigenvalue weighted by Crippen LogP contribution is 2.27. The Bertz CT molecular complexity index is 246. The van der Waals surface area contributed by atoms with Gasteiger partial charge in [-0.15, -0.1) is 0 Å². The fourth-order valence-corrected chi connectivity index (χ4v) is 2.10. The molecule has 3 atom stereocenters. The first-order valence-electron chi connectivity index (χ1n) is 6.03. The molecule has 4 heteroatoms. The molecule has 1 aliphatic carbocycles. The number of nitrogens with two attached hydrogens (primary N) is 1. The number of rotatable bonds is 2. The number of carbonyl (C=O) groups excluding carboxylic acids is 1. The van der Waals surface area contributed by atoms with Crippen LogP contribution >= 0.6 is 0 Å². The quantitative estimate of drug-likeness (QED) is 0.760. The summed E-state index contributed by atoms with van der Waals surface area (Å²) in [6, 6.07) is 0.441. The largest absolute Gasteiger partial charge is 0.444 e. The van der Waals surface area contributed by atoms with E-state index < -0.39 is 5.60 Å². The van der Waals surface area contributed by atoms with Gasteiger partial charge in [0.25, 0.3) is 0 Å². The van der Waals surface area contributed by atoms with Crippen molar-refractivity contribution < 1.29 is 9.53 Å². The summed E-state index contributed by atoms with van der Waals surface area (Å²) >= 11 is 0. The van der Waals surface area contributed by atoms with Crippen molar-refractivity contribution in [2.75, 3.05) is 0 Å². The minimum Gasteiger partial charge on any atom is -0.444 e. The Kier molecular flexibility index (Phi) is 4.19. The zero-order chi connectivity index (χ0) is 12.3. The summed E-state index contributed by atoms with van der Waals surface area (Å²) in [5, 5.41) is 2.90. The molecule has 1 saturated carbocycles. The lowest BCUT2D eigenvalue weighted by molar-refractivity contribution is 0.0504. The Morgan fingerprint density at radius 2 is 2.06 bits per heavy atom. The molecule has 0 radical (unpaired) electrons. The standard InChI is InChI=1S/C12H24N2O2/c1-8(13)9-5-6-10(7-9)14-11(15)16-12(2,3)4/h8-10H,5-7,13H2,1-4H3,(H,14,15)/t8-,9-,10+/m0/s1. The molecular formula is C12H24N2O2. The molecule has 0 unspecified atom stereocenters. The fourth-order valence-electron chi connectivity index (χ4n) is 2.10. The first kappa shape index (κ1) is 13.3. The zero-order valence-corrected chi connectivity index (χ0v) is 10.7. The maximum absolute atomic E-state index is 11.5. The van der Waals surface area contributed by atoms with E-state index >= 15 is 0 Å². The number of carbonyl (C=O) groups is 1. The van der Waals surface area contributed by atoms with Gasteiger partial charge in [0, 0.05) is 12.1 Å². The maximum atomic E-state index is 11.5. The van der Waals surface area contributed by atoms with Gasteiger partial charge in [-0.2, -0.15) is 0 Å². The molecule has 0 spiro atoms. The predicted molar refractivity (Wildman–Crippen MR) is 64.1 cm³/mol. The van der Waals surface area contributed by atoms with Crippen LogP contribution in [0.5, 0.6) is 0 Å². The van der Waals surface area contributed by atoms with Gasteiger partial charge in [-0.3, -0.25) is 0 Å². The Morgan fingerprint density at radius 1 is 1.44 bits per heavy atom. The van der Waals surface area contributed by atoms with Gasteiger partial charge in [0.2, 0.25) is 0 Å². The van der Waals surface area contributed by atoms with Crippen LogP contribution in [-0.4, -0.2) is 23.8 Å². The molecule has 16 heavy (non-hydrogen) atoms. The van der Waals surface area contributed by atoms with E-state index in [0.717, 1.165) is 19.3 Å². The van der Waals surface area contributed by atoms with E-state index in [1.54, 1.807) is 0 Å². The number of ether oxygens (including phenoxy) is 1. The van der Waals surface area contributed by atoms with Gasteiger partial charge in [0.1, 0.15) is 5.60 Å². The van der Waals surface area contributed by atoms with Crippen molar-refractivity contribution in [3.05, 3.63) is 0 Å². The van der Waals surface area contributed by atoms with Crippen molar-refractivity contribution in [1.82, 2.24) is 5.32 Å². The summed E-state index contributed by atoms with van der Waals surface area (Å²) in [6.45, 7) is 7.63. The lowest BCUT2D eigenvalue weighted by Crippen LogP contribution is -2.38. The second-order valence-electron chi connectivity index (χ2n) is 5.78. The first-order chi connectivity index (χ1) is 7.28. The fraction of sp³-hybridized carbons (Fsp3) is 0.917. The SMILES string of the molecule is C[C@H](N)[C@H]1CC[C@@H](NC(=O)OC(C)(C)C)C1. The molecule has 0 aliphatic heterocycles. The Hall–Kier alpha value is -0.770. The van der Waals surface area contributed by atoms with Crippen LogP contribution in [0.1, 0.15) is 47.0 Å². The van der Waals surface area contributed by atoms with E-state index in [1.807, 2.05) is 27.7 Å². The molecule has 1 aliphatic rings.